The Morgan fingerprint density at radius 1 is 1.20 bits per heavy atom. The molecule has 156 valence electrons. The highest BCUT2D eigenvalue weighted by atomic mass is 32.1. The van der Waals surface area contributed by atoms with Gasteiger partial charge in [0.2, 0.25) is 5.91 Å². The molecule has 0 radical (unpaired) electrons. The Morgan fingerprint density at radius 2 is 1.93 bits per heavy atom. The quantitative estimate of drug-likeness (QED) is 0.634. The minimum Gasteiger partial charge on any atom is -0.431 e. The molecule has 2 aliphatic rings. The Labute approximate surface area is 178 Å². The lowest BCUT2D eigenvalue weighted by atomic mass is 9.97. The van der Waals surface area contributed by atoms with Crippen LogP contribution in [0.4, 0.5) is 4.39 Å². The van der Waals surface area contributed by atoms with Crippen LogP contribution in [0.15, 0.2) is 42.5 Å². The van der Waals surface area contributed by atoms with Crippen LogP contribution in [0.2, 0.25) is 0 Å². The van der Waals surface area contributed by atoms with E-state index in [1.54, 1.807) is 13.0 Å². The van der Waals surface area contributed by atoms with Gasteiger partial charge in [-0.15, -0.1) is 0 Å². The van der Waals surface area contributed by atoms with Gasteiger partial charge in [-0.2, -0.15) is 0 Å². The van der Waals surface area contributed by atoms with E-state index in [1.807, 2.05) is 12.1 Å². The zero-order valence-corrected chi connectivity index (χ0v) is 17.6. The second kappa shape index (κ2) is 7.96. The van der Waals surface area contributed by atoms with E-state index < -0.39 is 0 Å². The molecule has 2 atom stereocenters. The fraction of sp³-hybridized carbons (Fsp3) is 0.391. The van der Waals surface area contributed by atoms with Crippen molar-refractivity contribution in [3.63, 3.8) is 0 Å². The highest BCUT2D eigenvalue weighted by Gasteiger charge is 2.41. The number of benzene rings is 2. The average Bonchev–Trinajstić information content (AvgIpc) is 3.24. The molecular weight excluding hydrogens is 401 g/mol. The zero-order chi connectivity index (χ0) is 20.7. The van der Waals surface area contributed by atoms with Crippen molar-refractivity contribution in [1.82, 2.24) is 15.2 Å². The van der Waals surface area contributed by atoms with Crippen molar-refractivity contribution in [1.29, 1.82) is 0 Å². The van der Waals surface area contributed by atoms with E-state index in [9.17, 15) is 9.18 Å². The van der Waals surface area contributed by atoms with Crippen molar-refractivity contribution in [2.45, 2.75) is 57.3 Å². The van der Waals surface area contributed by atoms with E-state index in [0.29, 0.717) is 34.6 Å². The van der Waals surface area contributed by atoms with Gasteiger partial charge in [0.05, 0.1) is 10.2 Å². The summed E-state index contributed by atoms with van der Waals surface area (Å²) < 4.78 is 20.1. The number of thiazole rings is 1. The number of carbonyl (C=O) groups excluding carboxylic acids is 1. The number of rotatable bonds is 5. The third-order valence-corrected chi connectivity index (χ3v) is 7.06. The van der Waals surface area contributed by atoms with Crippen molar-refractivity contribution in [3.05, 3.63) is 53.8 Å². The van der Waals surface area contributed by atoms with Crippen LogP contribution in [0.3, 0.4) is 0 Å². The lowest BCUT2D eigenvalue weighted by Crippen LogP contribution is -2.50. The number of halogens is 1. The van der Waals surface area contributed by atoms with Crippen molar-refractivity contribution in [3.8, 4) is 10.9 Å². The predicted octanol–water partition coefficient (Wildman–Crippen LogP) is 4.86. The largest absolute Gasteiger partial charge is 0.431 e. The number of hydrogen-bond acceptors (Lipinski definition) is 5. The van der Waals surface area contributed by atoms with E-state index in [1.165, 1.54) is 29.0 Å². The van der Waals surface area contributed by atoms with Crippen LogP contribution in [-0.4, -0.2) is 33.9 Å². The molecule has 3 heterocycles. The molecule has 0 aliphatic carbocycles. The second-order valence-electron chi connectivity index (χ2n) is 8.20. The summed E-state index contributed by atoms with van der Waals surface area (Å²) in [5.41, 5.74) is 1.80. The van der Waals surface area contributed by atoms with E-state index >= 15 is 0 Å². The van der Waals surface area contributed by atoms with Gasteiger partial charge >= 0.3 is 0 Å². The van der Waals surface area contributed by atoms with Gasteiger partial charge < -0.3 is 15.0 Å². The first-order chi connectivity index (χ1) is 14.5. The number of nitrogens with zero attached hydrogens (tertiary/aromatic N) is 2. The first-order valence-corrected chi connectivity index (χ1v) is 11.2. The maximum atomic E-state index is 13.3. The molecule has 2 aliphatic heterocycles. The lowest BCUT2D eigenvalue weighted by molar-refractivity contribution is -0.133. The van der Waals surface area contributed by atoms with Gasteiger partial charge in [0, 0.05) is 37.7 Å². The van der Waals surface area contributed by atoms with Gasteiger partial charge in [-0.3, -0.25) is 4.79 Å². The number of amides is 1. The monoisotopic (exact) mass is 425 g/mol. The molecule has 2 aromatic carbocycles. The summed E-state index contributed by atoms with van der Waals surface area (Å²) in [6.45, 7) is 2.49. The zero-order valence-electron chi connectivity index (χ0n) is 16.8. The van der Waals surface area contributed by atoms with Gasteiger partial charge in [-0.25, -0.2) is 9.37 Å². The van der Waals surface area contributed by atoms with Gasteiger partial charge in [0.25, 0.3) is 5.19 Å². The van der Waals surface area contributed by atoms with Gasteiger partial charge in [0.15, 0.2) is 0 Å². The number of aromatic nitrogens is 1. The molecule has 5 nitrogen and oxygen atoms in total. The Kier molecular flexibility index (Phi) is 5.16. The molecule has 2 fully saturated rings. The number of nitrogens with one attached hydrogen (secondary N) is 1. The van der Waals surface area contributed by atoms with Crippen LogP contribution in [0.25, 0.3) is 10.2 Å². The Morgan fingerprint density at radius 3 is 2.63 bits per heavy atom. The third kappa shape index (κ3) is 3.91. The topological polar surface area (TPSA) is 54.5 Å². The van der Waals surface area contributed by atoms with E-state index in [0.717, 1.165) is 36.9 Å². The molecule has 3 aromatic rings. The van der Waals surface area contributed by atoms with Crippen LogP contribution in [0, 0.1) is 5.82 Å². The Balaban J connectivity index is 1.17. The van der Waals surface area contributed by atoms with Crippen molar-refractivity contribution < 1.29 is 13.9 Å². The molecule has 2 bridgehead atoms. The van der Waals surface area contributed by atoms with Crippen molar-refractivity contribution in [2.75, 3.05) is 0 Å². The molecule has 1 amide bonds. The van der Waals surface area contributed by atoms with Crippen molar-refractivity contribution in [2.24, 2.45) is 0 Å². The predicted molar refractivity (Wildman–Crippen MR) is 115 cm³/mol. The van der Waals surface area contributed by atoms with Crippen LogP contribution in [0.1, 0.15) is 38.2 Å². The summed E-state index contributed by atoms with van der Waals surface area (Å²) in [6, 6.07) is 13.8. The summed E-state index contributed by atoms with van der Waals surface area (Å²) in [4.78, 5) is 18.3. The number of fused-ring (bicyclic) bond motifs is 3. The summed E-state index contributed by atoms with van der Waals surface area (Å²) in [6.07, 6.45) is 4.34. The number of ether oxygens (including phenoxy) is 1. The SMILES string of the molecule is CC(=O)N1C2CCC1CC(NCc1ccc(Oc3nc4cc(F)ccc4s3)cc1)C2. The number of piperidine rings is 1. The van der Waals surface area contributed by atoms with Crippen LogP contribution >= 0.6 is 11.3 Å². The maximum absolute atomic E-state index is 13.3. The standard InChI is InChI=1S/C23H24FN3O2S/c1-14(28)27-18-5-6-19(27)12-17(11-18)25-13-15-2-7-20(8-3-15)29-23-26-21-10-16(24)4-9-22(21)30-23/h2-4,7-10,17-19,25H,5-6,11-13H2,1H3. The summed E-state index contributed by atoms with van der Waals surface area (Å²) >= 11 is 1.40. The minimum atomic E-state index is -0.295. The molecule has 7 heteroatoms. The van der Waals surface area contributed by atoms with E-state index in [2.05, 4.69) is 27.3 Å². The summed E-state index contributed by atoms with van der Waals surface area (Å²) in [5.74, 6) is 0.636. The van der Waals surface area contributed by atoms with Gasteiger partial charge in [-0.1, -0.05) is 23.5 Å². The highest BCUT2D eigenvalue weighted by Crippen LogP contribution is 2.36. The molecule has 2 unspecified atom stereocenters. The molecule has 2 saturated heterocycles. The smallest absolute Gasteiger partial charge is 0.279 e. The number of hydrogen-bond donors (Lipinski definition) is 1. The fourth-order valence-corrected chi connectivity index (χ4v) is 5.63. The molecular formula is C23H24FN3O2S. The molecule has 5 rings (SSSR count). The van der Waals surface area contributed by atoms with E-state index in [4.69, 9.17) is 4.74 Å². The van der Waals surface area contributed by atoms with Crippen LogP contribution in [0.5, 0.6) is 10.9 Å². The molecule has 0 spiro atoms. The van der Waals surface area contributed by atoms with Crippen LogP contribution < -0.4 is 10.1 Å². The average molecular weight is 426 g/mol. The summed E-state index contributed by atoms with van der Waals surface area (Å²) in [7, 11) is 0. The first kappa shape index (κ1) is 19.5. The Bertz CT molecular complexity index is 1050. The normalized spacial score (nSPS) is 23.1. The second-order valence-corrected chi connectivity index (χ2v) is 9.19. The van der Waals surface area contributed by atoms with Crippen molar-refractivity contribution >= 4 is 27.5 Å². The molecule has 1 N–H and O–H groups in total. The first-order valence-electron chi connectivity index (χ1n) is 10.4. The maximum Gasteiger partial charge on any atom is 0.279 e. The molecule has 30 heavy (non-hydrogen) atoms. The summed E-state index contributed by atoms with van der Waals surface area (Å²) in [5, 5.41) is 4.17. The third-order valence-electron chi connectivity index (χ3n) is 6.15. The molecule has 0 saturated carbocycles. The number of carbonyl (C=O) groups is 1. The van der Waals surface area contributed by atoms with Gasteiger partial charge in [0.1, 0.15) is 11.6 Å². The van der Waals surface area contributed by atoms with Crippen LogP contribution in [-0.2, 0) is 11.3 Å². The van der Waals surface area contributed by atoms with E-state index in [-0.39, 0.29) is 11.7 Å². The lowest BCUT2D eigenvalue weighted by Gasteiger charge is -2.38. The fourth-order valence-electron chi connectivity index (χ4n) is 4.82. The molecule has 1 aromatic heterocycles. The Hall–Kier alpha value is -2.51. The highest BCUT2D eigenvalue weighted by molar-refractivity contribution is 7.20. The minimum absolute atomic E-state index is 0.217. The van der Waals surface area contributed by atoms with Gasteiger partial charge in [-0.05, 0) is 55.5 Å².